The van der Waals surface area contributed by atoms with Gasteiger partial charge in [0, 0.05) is 23.7 Å². The van der Waals surface area contributed by atoms with Crippen molar-refractivity contribution in [2.75, 3.05) is 6.54 Å². The molecular weight excluding hydrogens is 532 g/mol. The normalized spacial score (nSPS) is 24.2. The number of carbonyl (C=O) groups excluding carboxylic acids is 4. The molecule has 0 aliphatic carbocycles. The van der Waals surface area contributed by atoms with Crippen LogP contribution in [0.2, 0.25) is 0 Å². The zero-order chi connectivity index (χ0) is 30.0. The maximum absolute atomic E-state index is 13.3. The standard InChI is InChI=1S/C32H38N6O4/c1-18(2)29-31(41)35-20(4)32(42)38-12-6-9-26(37-38)30(40)34-19(3)22-10-11-24-17-33-27(16-25(24)15-22)23-8-5-7-21(13-23)14-28(39)36-29/h5,7-8,10-11,13,15-20,26,29,37H,6,9,12,14H2,1-4H3,(H,34,40)(H,35,41)(H,36,39)/t19-,20+,26+,29+/m1/s1. The summed E-state index contributed by atoms with van der Waals surface area (Å²) in [6.07, 6.45) is 3.13. The van der Waals surface area contributed by atoms with Crippen molar-refractivity contribution in [3.8, 4) is 11.3 Å². The minimum atomic E-state index is -0.855. The fraction of sp³-hybridized carbons (Fsp3) is 0.406. The fourth-order valence-electron chi connectivity index (χ4n) is 5.50. The molecule has 3 aromatic rings. The van der Waals surface area contributed by atoms with E-state index in [0.29, 0.717) is 19.4 Å². The van der Waals surface area contributed by atoms with E-state index in [1.165, 1.54) is 5.01 Å². The van der Waals surface area contributed by atoms with Crippen molar-refractivity contribution in [3.05, 3.63) is 65.9 Å². The first kappa shape index (κ1) is 29.2. The highest BCUT2D eigenvalue weighted by atomic mass is 16.2. The molecule has 1 aromatic heterocycles. The smallest absolute Gasteiger partial charge is 0.258 e. The summed E-state index contributed by atoms with van der Waals surface area (Å²) in [5.41, 5.74) is 6.43. The highest BCUT2D eigenvalue weighted by molar-refractivity contribution is 5.93. The number of aromatic nitrogens is 1. The lowest BCUT2D eigenvalue weighted by Gasteiger charge is -2.35. The average molecular weight is 571 g/mol. The molecule has 0 saturated carbocycles. The van der Waals surface area contributed by atoms with E-state index in [-0.39, 0.29) is 36.1 Å². The maximum atomic E-state index is 13.3. The molecule has 220 valence electrons. The van der Waals surface area contributed by atoms with Crippen LogP contribution in [0.25, 0.3) is 22.0 Å². The van der Waals surface area contributed by atoms with Crippen molar-refractivity contribution >= 4 is 34.4 Å². The van der Waals surface area contributed by atoms with E-state index < -0.39 is 24.0 Å². The lowest BCUT2D eigenvalue weighted by atomic mass is 9.99. The third kappa shape index (κ3) is 6.44. The highest BCUT2D eigenvalue weighted by Gasteiger charge is 2.33. The van der Waals surface area contributed by atoms with Crippen LogP contribution in [-0.2, 0) is 25.6 Å². The van der Waals surface area contributed by atoms with Gasteiger partial charge in [-0.25, -0.2) is 5.43 Å². The van der Waals surface area contributed by atoms with Gasteiger partial charge in [-0.05, 0) is 67.3 Å². The largest absolute Gasteiger partial charge is 0.348 e. The summed E-state index contributed by atoms with van der Waals surface area (Å²) in [5, 5.41) is 12.1. The summed E-state index contributed by atoms with van der Waals surface area (Å²) < 4.78 is 0. The van der Waals surface area contributed by atoms with Gasteiger partial charge in [-0.3, -0.25) is 29.2 Å². The molecule has 42 heavy (non-hydrogen) atoms. The second kappa shape index (κ2) is 12.3. The van der Waals surface area contributed by atoms with E-state index in [2.05, 4.69) is 32.4 Å². The summed E-state index contributed by atoms with van der Waals surface area (Å²) >= 11 is 0. The predicted molar refractivity (Wildman–Crippen MR) is 160 cm³/mol. The molecule has 7 bridgehead atoms. The van der Waals surface area contributed by atoms with Crippen LogP contribution >= 0.6 is 0 Å². The lowest BCUT2D eigenvalue weighted by Crippen LogP contribution is -2.62. The molecule has 2 aliphatic rings. The Balaban J connectivity index is 1.50. The number of fused-ring (bicyclic) bond motifs is 7. The molecule has 0 radical (unpaired) electrons. The third-order valence-electron chi connectivity index (χ3n) is 7.96. The number of hydrogen-bond donors (Lipinski definition) is 4. The van der Waals surface area contributed by atoms with Crippen molar-refractivity contribution in [2.24, 2.45) is 5.92 Å². The molecule has 5 rings (SSSR count). The third-order valence-corrected chi connectivity index (χ3v) is 7.96. The van der Waals surface area contributed by atoms with Crippen molar-refractivity contribution in [1.82, 2.24) is 31.4 Å². The minimum absolute atomic E-state index is 0.0901. The Morgan fingerprint density at radius 2 is 1.67 bits per heavy atom. The molecule has 10 nitrogen and oxygen atoms in total. The molecule has 10 heteroatoms. The van der Waals surface area contributed by atoms with Gasteiger partial charge < -0.3 is 16.0 Å². The number of rotatable bonds is 1. The van der Waals surface area contributed by atoms with E-state index in [9.17, 15) is 19.2 Å². The first-order valence-corrected chi connectivity index (χ1v) is 14.6. The fourth-order valence-corrected chi connectivity index (χ4v) is 5.50. The first-order chi connectivity index (χ1) is 20.1. The van der Waals surface area contributed by atoms with E-state index in [4.69, 9.17) is 0 Å². The number of hydrogen-bond acceptors (Lipinski definition) is 6. The summed E-state index contributed by atoms with van der Waals surface area (Å²) in [6, 6.07) is 13.1. The number of carbonyl (C=O) groups is 4. The molecule has 1 fully saturated rings. The van der Waals surface area contributed by atoms with Crippen LogP contribution in [0, 0.1) is 5.92 Å². The van der Waals surface area contributed by atoms with E-state index >= 15 is 0 Å². The van der Waals surface area contributed by atoms with Gasteiger partial charge in [0.15, 0.2) is 0 Å². The summed E-state index contributed by atoms with van der Waals surface area (Å²) in [7, 11) is 0. The van der Waals surface area contributed by atoms with Gasteiger partial charge in [-0.15, -0.1) is 0 Å². The number of hydrazine groups is 1. The quantitative estimate of drug-likeness (QED) is 0.356. The first-order valence-electron chi connectivity index (χ1n) is 14.6. The van der Waals surface area contributed by atoms with Crippen LogP contribution in [0.5, 0.6) is 0 Å². The molecule has 3 heterocycles. The Bertz CT molecular complexity index is 1520. The van der Waals surface area contributed by atoms with Crippen molar-refractivity contribution in [2.45, 2.75) is 71.1 Å². The van der Waals surface area contributed by atoms with Crippen molar-refractivity contribution < 1.29 is 19.2 Å². The summed E-state index contributed by atoms with van der Waals surface area (Å²) in [4.78, 5) is 57.4. The van der Waals surface area contributed by atoms with E-state index in [1.807, 2.05) is 69.4 Å². The van der Waals surface area contributed by atoms with Crippen molar-refractivity contribution in [3.63, 3.8) is 0 Å². The van der Waals surface area contributed by atoms with Gasteiger partial charge in [0.1, 0.15) is 18.1 Å². The van der Waals surface area contributed by atoms with Crippen molar-refractivity contribution in [1.29, 1.82) is 0 Å². The Morgan fingerprint density at radius 3 is 2.45 bits per heavy atom. The number of nitrogens with one attached hydrogen (secondary N) is 4. The Labute approximate surface area is 245 Å². The maximum Gasteiger partial charge on any atom is 0.258 e. The molecular formula is C32H38N6O4. The van der Waals surface area contributed by atoms with Gasteiger partial charge in [0.25, 0.3) is 5.91 Å². The van der Waals surface area contributed by atoms with Crippen LogP contribution in [0.15, 0.2) is 54.7 Å². The highest BCUT2D eigenvalue weighted by Crippen LogP contribution is 2.26. The minimum Gasteiger partial charge on any atom is -0.348 e. The number of pyridine rings is 1. The summed E-state index contributed by atoms with van der Waals surface area (Å²) in [5.74, 6) is -1.48. The van der Waals surface area contributed by atoms with Gasteiger partial charge in [0.2, 0.25) is 17.7 Å². The van der Waals surface area contributed by atoms with Gasteiger partial charge >= 0.3 is 0 Å². The Morgan fingerprint density at radius 1 is 0.881 bits per heavy atom. The SMILES string of the molecule is CC(C)[C@@H]1NC(=O)Cc2cccc(c2)-c2cc3cc(ccc3cn2)[C@@H](C)NC(=O)[C@@H]2CCCN(N2)C(=O)[C@H](C)NC1=O. The van der Waals surface area contributed by atoms with Gasteiger partial charge in [-0.1, -0.05) is 44.2 Å². The Kier molecular flexibility index (Phi) is 8.54. The van der Waals surface area contributed by atoms with Crippen LogP contribution in [0.4, 0.5) is 0 Å². The zero-order valence-corrected chi connectivity index (χ0v) is 24.4. The molecule has 4 N–H and O–H groups in total. The second-order valence-corrected chi connectivity index (χ2v) is 11.6. The van der Waals surface area contributed by atoms with E-state index in [0.717, 1.165) is 33.2 Å². The van der Waals surface area contributed by atoms with Gasteiger partial charge in [0.05, 0.1) is 18.2 Å². The molecule has 1 saturated heterocycles. The second-order valence-electron chi connectivity index (χ2n) is 11.6. The summed E-state index contributed by atoms with van der Waals surface area (Å²) in [6.45, 7) is 7.64. The van der Waals surface area contributed by atoms with E-state index in [1.54, 1.807) is 6.92 Å². The van der Waals surface area contributed by atoms with Crippen LogP contribution in [0.3, 0.4) is 0 Å². The molecule has 0 unspecified atom stereocenters. The topological polar surface area (TPSA) is 133 Å². The van der Waals surface area contributed by atoms with Crippen LogP contribution in [0.1, 0.15) is 57.7 Å². The number of amides is 4. The molecule has 4 atom stereocenters. The Hall–Kier alpha value is -4.31. The molecule has 4 amide bonds. The predicted octanol–water partition coefficient (Wildman–Crippen LogP) is 2.78. The molecule has 2 aliphatic heterocycles. The average Bonchev–Trinajstić information content (AvgIpc) is 2.98. The molecule has 2 aromatic carbocycles. The lowest BCUT2D eigenvalue weighted by molar-refractivity contribution is -0.143. The molecule has 0 spiro atoms. The number of benzene rings is 2. The monoisotopic (exact) mass is 570 g/mol. The van der Waals surface area contributed by atoms with Gasteiger partial charge in [-0.2, -0.15) is 0 Å². The number of nitrogens with zero attached hydrogens (tertiary/aromatic N) is 2. The van der Waals surface area contributed by atoms with Crippen LogP contribution in [-0.4, -0.2) is 58.3 Å². The van der Waals surface area contributed by atoms with Crippen LogP contribution < -0.4 is 21.4 Å². The zero-order valence-electron chi connectivity index (χ0n) is 24.4.